The second-order valence-corrected chi connectivity index (χ2v) is 3.00. The van der Waals surface area contributed by atoms with Crippen molar-refractivity contribution in [2.45, 2.75) is 11.6 Å². The van der Waals surface area contributed by atoms with Crippen molar-refractivity contribution in [3.8, 4) is 0 Å². The number of nitrogens with zero attached hydrogens (tertiary/aromatic N) is 2. The highest BCUT2D eigenvalue weighted by Crippen LogP contribution is 2.11. The van der Waals surface area contributed by atoms with Gasteiger partial charge >= 0.3 is 0 Å². The highest BCUT2D eigenvalue weighted by molar-refractivity contribution is 6.48. The number of hydroxylamine groups is 2. The zero-order valence-corrected chi connectivity index (χ0v) is 7.02. The standard InChI is InChI=1S/C4H10N8O2/c5-3(6)1(9-13-11-3)2-4(7,8)12-14-10-2/h11-12H,5-8H2. The molecule has 2 aliphatic rings. The molecule has 10 heteroatoms. The summed E-state index contributed by atoms with van der Waals surface area (Å²) in [5.74, 6) is -3.00. The van der Waals surface area contributed by atoms with Crippen LogP contribution in [-0.4, -0.2) is 23.0 Å². The number of hydrogen-bond donors (Lipinski definition) is 6. The Morgan fingerprint density at radius 3 is 1.43 bits per heavy atom. The summed E-state index contributed by atoms with van der Waals surface area (Å²) < 4.78 is 0. The lowest BCUT2D eigenvalue weighted by molar-refractivity contribution is 0.0350. The molecule has 2 rings (SSSR count). The zero-order valence-electron chi connectivity index (χ0n) is 7.02. The molecule has 14 heavy (non-hydrogen) atoms. The van der Waals surface area contributed by atoms with Gasteiger partial charge in [0.15, 0.2) is 11.4 Å². The predicted molar refractivity (Wildman–Crippen MR) is 45.5 cm³/mol. The summed E-state index contributed by atoms with van der Waals surface area (Å²) in [4.78, 5) is 8.98. The lowest BCUT2D eigenvalue weighted by Gasteiger charge is -2.22. The van der Waals surface area contributed by atoms with E-state index in [1.807, 2.05) is 0 Å². The van der Waals surface area contributed by atoms with Crippen molar-refractivity contribution in [1.82, 2.24) is 11.0 Å². The van der Waals surface area contributed by atoms with Crippen molar-refractivity contribution >= 4 is 11.4 Å². The largest absolute Gasteiger partial charge is 0.296 e. The SMILES string of the molecule is NC1(N)NON=C1C1=NONC1(N)N. The lowest BCUT2D eigenvalue weighted by atomic mass is 10.1. The minimum atomic E-state index is -1.50. The Morgan fingerprint density at radius 1 is 0.857 bits per heavy atom. The fraction of sp³-hybridized carbons (Fsp3) is 0.500. The Hall–Kier alpha value is -1.30. The molecule has 0 aromatic rings. The van der Waals surface area contributed by atoms with Gasteiger partial charge in [-0.3, -0.25) is 32.8 Å². The van der Waals surface area contributed by atoms with Crippen molar-refractivity contribution in [2.24, 2.45) is 33.2 Å². The van der Waals surface area contributed by atoms with Gasteiger partial charge in [0, 0.05) is 0 Å². The molecule has 0 unspecified atom stereocenters. The van der Waals surface area contributed by atoms with Crippen LogP contribution >= 0.6 is 0 Å². The van der Waals surface area contributed by atoms with Gasteiger partial charge in [0.25, 0.3) is 0 Å². The van der Waals surface area contributed by atoms with Gasteiger partial charge in [0.05, 0.1) is 0 Å². The third kappa shape index (κ3) is 1.22. The quantitative estimate of drug-likeness (QED) is 0.233. The Balaban J connectivity index is 2.33. The van der Waals surface area contributed by atoms with Crippen LogP contribution in [0.1, 0.15) is 0 Å². The summed E-state index contributed by atoms with van der Waals surface area (Å²) in [6.45, 7) is 0. The van der Waals surface area contributed by atoms with Gasteiger partial charge in [-0.25, -0.2) is 0 Å². The minimum absolute atomic E-state index is 0.0625. The van der Waals surface area contributed by atoms with Crippen LogP contribution in [0, 0.1) is 0 Å². The van der Waals surface area contributed by atoms with Crippen LogP contribution in [0.25, 0.3) is 0 Å². The number of nitrogens with one attached hydrogen (secondary N) is 2. The van der Waals surface area contributed by atoms with Crippen LogP contribution in [0.15, 0.2) is 10.3 Å². The van der Waals surface area contributed by atoms with E-state index in [2.05, 4.69) is 31.1 Å². The van der Waals surface area contributed by atoms with Gasteiger partial charge in [0.2, 0.25) is 11.6 Å². The van der Waals surface area contributed by atoms with Crippen LogP contribution < -0.4 is 33.9 Å². The average Bonchev–Trinajstić information content (AvgIpc) is 2.53. The Bertz CT molecular complexity index is 287. The van der Waals surface area contributed by atoms with Crippen LogP contribution in [0.3, 0.4) is 0 Å². The summed E-state index contributed by atoms with van der Waals surface area (Å²) in [5.41, 5.74) is 26.8. The molecule has 0 bridgehead atoms. The van der Waals surface area contributed by atoms with E-state index in [-0.39, 0.29) is 11.4 Å². The zero-order chi connectivity index (χ0) is 10.4. The molecular formula is C4H10N8O2. The molecule has 78 valence electrons. The van der Waals surface area contributed by atoms with Crippen molar-refractivity contribution in [3.63, 3.8) is 0 Å². The fourth-order valence-electron chi connectivity index (χ4n) is 1.01. The maximum absolute atomic E-state index is 5.56. The Labute approximate surface area is 78.1 Å². The molecule has 0 amide bonds. The third-order valence-corrected chi connectivity index (χ3v) is 1.71. The highest BCUT2D eigenvalue weighted by Gasteiger charge is 2.47. The van der Waals surface area contributed by atoms with Gasteiger partial charge in [-0.15, -0.1) is 0 Å². The maximum atomic E-state index is 5.56. The molecule has 0 spiro atoms. The van der Waals surface area contributed by atoms with Crippen molar-refractivity contribution in [3.05, 3.63) is 0 Å². The second-order valence-electron chi connectivity index (χ2n) is 3.00. The van der Waals surface area contributed by atoms with Gasteiger partial charge in [-0.1, -0.05) is 21.3 Å². The molecule has 0 fully saturated rings. The fourth-order valence-corrected chi connectivity index (χ4v) is 1.01. The molecule has 0 aliphatic carbocycles. The first-order chi connectivity index (χ1) is 6.43. The highest BCUT2D eigenvalue weighted by atomic mass is 16.8. The second kappa shape index (κ2) is 2.60. The third-order valence-electron chi connectivity index (χ3n) is 1.71. The first-order valence-electron chi connectivity index (χ1n) is 3.63. The first kappa shape index (κ1) is 9.26. The normalized spacial score (nSPS) is 27.7. The van der Waals surface area contributed by atoms with E-state index in [0.29, 0.717) is 0 Å². The molecule has 10 N–H and O–H groups in total. The molecule has 0 atom stereocenters. The summed E-state index contributed by atoms with van der Waals surface area (Å²) in [6.07, 6.45) is 0. The van der Waals surface area contributed by atoms with Crippen LogP contribution in [0.5, 0.6) is 0 Å². The van der Waals surface area contributed by atoms with E-state index in [4.69, 9.17) is 22.9 Å². The first-order valence-corrected chi connectivity index (χ1v) is 3.63. The van der Waals surface area contributed by atoms with E-state index >= 15 is 0 Å². The van der Waals surface area contributed by atoms with E-state index in [1.165, 1.54) is 0 Å². The Kier molecular flexibility index (Phi) is 1.72. The maximum Gasteiger partial charge on any atom is 0.202 e. The smallest absolute Gasteiger partial charge is 0.202 e. The predicted octanol–water partition coefficient (Wildman–Crippen LogP) is -4.09. The van der Waals surface area contributed by atoms with Gasteiger partial charge in [-0.05, 0) is 0 Å². The van der Waals surface area contributed by atoms with Crippen molar-refractivity contribution in [1.29, 1.82) is 0 Å². The summed E-state index contributed by atoms with van der Waals surface area (Å²) in [5, 5.41) is 7.02. The number of hydrogen-bond acceptors (Lipinski definition) is 10. The van der Waals surface area contributed by atoms with Crippen LogP contribution in [0.4, 0.5) is 0 Å². The van der Waals surface area contributed by atoms with Gasteiger partial charge < -0.3 is 0 Å². The molecule has 0 radical (unpaired) electrons. The molecular weight excluding hydrogens is 192 g/mol. The van der Waals surface area contributed by atoms with Crippen LogP contribution in [0.2, 0.25) is 0 Å². The summed E-state index contributed by atoms with van der Waals surface area (Å²) in [6, 6.07) is 0. The van der Waals surface area contributed by atoms with E-state index in [0.717, 1.165) is 0 Å². The molecule has 0 saturated heterocycles. The Morgan fingerprint density at radius 2 is 1.21 bits per heavy atom. The van der Waals surface area contributed by atoms with Crippen LogP contribution in [-0.2, 0) is 9.88 Å². The monoisotopic (exact) mass is 202 g/mol. The van der Waals surface area contributed by atoms with Gasteiger partial charge in [0.1, 0.15) is 0 Å². The summed E-state index contributed by atoms with van der Waals surface area (Å²) in [7, 11) is 0. The number of rotatable bonds is 1. The van der Waals surface area contributed by atoms with E-state index in [9.17, 15) is 0 Å². The molecule has 10 nitrogen and oxygen atoms in total. The van der Waals surface area contributed by atoms with Crippen molar-refractivity contribution < 1.29 is 9.88 Å². The number of oxime groups is 2. The molecule has 0 aromatic heterocycles. The van der Waals surface area contributed by atoms with Gasteiger partial charge in [-0.2, -0.15) is 0 Å². The topological polar surface area (TPSA) is 171 Å². The van der Waals surface area contributed by atoms with E-state index < -0.39 is 11.6 Å². The summed E-state index contributed by atoms with van der Waals surface area (Å²) >= 11 is 0. The minimum Gasteiger partial charge on any atom is -0.296 e. The van der Waals surface area contributed by atoms with E-state index in [1.54, 1.807) is 0 Å². The molecule has 2 heterocycles. The average molecular weight is 202 g/mol. The number of nitrogens with two attached hydrogens (primary N) is 4. The lowest BCUT2D eigenvalue weighted by Crippen LogP contribution is -2.72. The molecule has 0 saturated carbocycles. The van der Waals surface area contributed by atoms with Crippen molar-refractivity contribution in [2.75, 3.05) is 0 Å². The molecule has 2 aliphatic heterocycles. The molecule has 0 aromatic carbocycles.